The lowest BCUT2D eigenvalue weighted by atomic mass is 10.2. The van der Waals surface area contributed by atoms with Crippen LogP contribution in [0, 0.1) is 5.82 Å². The highest BCUT2D eigenvalue weighted by Gasteiger charge is 2.15. The second kappa shape index (κ2) is 6.35. The van der Waals surface area contributed by atoms with Gasteiger partial charge in [-0.25, -0.2) is 4.39 Å². The Bertz CT molecular complexity index is 670. The number of rotatable bonds is 5. The molecule has 0 bridgehead atoms. The van der Waals surface area contributed by atoms with Crippen molar-refractivity contribution in [3.8, 4) is 5.75 Å². The van der Waals surface area contributed by atoms with Crippen LogP contribution in [0.3, 0.4) is 0 Å². The maximum Gasteiger partial charge on any atom is 0.202 e. The summed E-state index contributed by atoms with van der Waals surface area (Å²) in [5.41, 5.74) is 0.387. The average molecular weight is 333 g/mol. The molecule has 0 aliphatic heterocycles. The van der Waals surface area contributed by atoms with E-state index < -0.39 is 5.82 Å². The number of carbonyl (C=O) groups excluding carboxylic acids is 2. The molecule has 0 N–H and O–H groups in total. The fourth-order valence-electron chi connectivity index (χ4n) is 1.49. The van der Waals surface area contributed by atoms with Gasteiger partial charge in [-0.2, -0.15) is 0 Å². The molecule has 2 aromatic rings. The zero-order valence-electron chi connectivity index (χ0n) is 9.86. The third-order valence-electron chi connectivity index (χ3n) is 2.36. The van der Waals surface area contributed by atoms with Gasteiger partial charge in [-0.15, -0.1) is 11.3 Å². The van der Waals surface area contributed by atoms with Gasteiger partial charge in [0.05, 0.1) is 9.90 Å². The number of ether oxygens (including phenoxy) is 1. The average Bonchev–Trinajstić information content (AvgIpc) is 2.74. The normalized spacial score (nSPS) is 10.3. The molecule has 3 nitrogen and oxygen atoms in total. The van der Waals surface area contributed by atoms with Crippen LogP contribution >= 0.6 is 34.5 Å². The topological polar surface area (TPSA) is 43.4 Å². The lowest BCUT2D eigenvalue weighted by molar-refractivity contribution is 0.0922. The predicted molar refractivity (Wildman–Crippen MR) is 76.0 cm³/mol. The maximum atomic E-state index is 13.2. The van der Waals surface area contributed by atoms with E-state index in [2.05, 4.69) is 0 Å². The maximum absolute atomic E-state index is 13.2. The summed E-state index contributed by atoms with van der Waals surface area (Å²) in [6.45, 7) is -0.325. The van der Waals surface area contributed by atoms with Crippen LogP contribution < -0.4 is 4.74 Å². The van der Waals surface area contributed by atoms with Crippen molar-refractivity contribution in [1.29, 1.82) is 0 Å². The molecule has 0 radical (unpaired) electrons. The minimum atomic E-state index is -0.617. The van der Waals surface area contributed by atoms with Crippen LogP contribution in [0.2, 0.25) is 8.67 Å². The van der Waals surface area contributed by atoms with Crippen molar-refractivity contribution in [1.82, 2.24) is 0 Å². The Balaban J connectivity index is 2.09. The van der Waals surface area contributed by atoms with E-state index in [-0.39, 0.29) is 33.6 Å². The largest absolute Gasteiger partial charge is 0.485 e. The van der Waals surface area contributed by atoms with Crippen LogP contribution in [0.15, 0.2) is 24.3 Å². The molecule has 0 fully saturated rings. The van der Waals surface area contributed by atoms with E-state index in [4.69, 9.17) is 27.9 Å². The number of benzene rings is 1. The van der Waals surface area contributed by atoms with Crippen LogP contribution in [0.5, 0.6) is 5.75 Å². The molecule has 0 saturated heterocycles. The molecule has 2 rings (SSSR count). The smallest absolute Gasteiger partial charge is 0.202 e. The zero-order chi connectivity index (χ0) is 14.7. The number of halogens is 3. The van der Waals surface area contributed by atoms with E-state index in [0.717, 1.165) is 23.5 Å². The van der Waals surface area contributed by atoms with Gasteiger partial charge in [-0.05, 0) is 18.2 Å². The molecule has 1 heterocycles. The number of ketones is 1. The van der Waals surface area contributed by atoms with Crippen molar-refractivity contribution in [3.05, 3.63) is 49.9 Å². The third-order valence-corrected chi connectivity index (χ3v) is 3.84. The van der Waals surface area contributed by atoms with E-state index in [1.165, 1.54) is 12.1 Å². The summed E-state index contributed by atoms with van der Waals surface area (Å²) in [5.74, 6) is -0.901. The second-order valence-corrected chi connectivity index (χ2v) is 6.07. The Labute approximate surface area is 127 Å². The molecular formula is C13H7Cl2FO3S. The van der Waals surface area contributed by atoms with Crippen LogP contribution in [-0.2, 0) is 0 Å². The van der Waals surface area contributed by atoms with Crippen molar-refractivity contribution >= 4 is 46.6 Å². The van der Waals surface area contributed by atoms with Crippen molar-refractivity contribution in [3.63, 3.8) is 0 Å². The second-order valence-electron chi connectivity index (χ2n) is 3.79. The van der Waals surface area contributed by atoms with Gasteiger partial charge in [0.2, 0.25) is 5.78 Å². The molecule has 7 heteroatoms. The summed E-state index contributed by atoms with van der Waals surface area (Å²) in [5, 5.41) is 0. The Kier molecular flexibility index (Phi) is 4.75. The van der Waals surface area contributed by atoms with Gasteiger partial charge < -0.3 is 4.74 Å². The van der Waals surface area contributed by atoms with Gasteiger partial charge in [0.15, 0.2) is 6.61 Å². The number of carbonyl (C=O) groups is 2. The summed E-state index contributed by atoms with van der Waals surface area (Å²) in [6.07, 6.45) is 0.493. The first-order valence-corrected chi connectivity index (χ1v) is 6.93. The summed E-state index contributed by atoms with van der Waals surface area (Å²) >= 11 is 12.7. The fourth-order valence-corrected chi connectivity index (χ4v) is 2.99. The summed E-state index contributed by atoms with van der Waals surface area (Å²) in [7, 11) is 0. The van der Waals surface area contributed by atoms with E-state index in [0.29, 0.717) is 10.6 Å². The summed E-state index contributed by atoms with van der Waals surface area (Å²) in [6, 6.07) is 4.94. The molecule has 1 aromatic heterocycles. The minimum Gasteiger partial charge on any atom is -0.485 e. The number of aldehydes is 1. The van der Waals surface area contributed by atoms with E-state index >= 15 is 0 Å². The molecule has 0 atom stereocenters. The molecular weight excluding hydrogens is 326 g/mol. The van der Waals surface area contributed by atoms with Crippen molar-refractivity contribution < 1.29 is 18.7 Å². The van der Waals surface area contributed by atoms with Gasteiger partial charge >= 0.3 is 0 Å². The molecule has 104 valence electrons. The molecule has 0 aliphatic rings. The molecule has 0 amide bonds. The number of Topliss-reactive ketones (excluding diaryl/α,β-unsaturated/α-hetero) is 1. The van der Waals surface area contributed by atoms with Crippen LogP contribution in [0.25, 0.3) is 0 Å². The molecule has 0 aliphatic carbocycles. The van der Waals surface area contributed by atoms with E-state index in [1.807, 2.05) is 0 Å². The first kappa shape index (κ1) is 15.0. The SMILES string of the molecule is O=Cc1cc(F)cc(OCC(=O)c2cc(Cl)sc2Cl)c1. The molecule has 0 unspecified atom stereocenters. The van der Waals surface area contributed by atoms with Crippen LogP contribution in [-0.4, -0.2) is 18.7 Å². The minimum absolute atomic E-state index is 0.0953. The highest BCUT2D eigenvalue weighted by molar-refractivity contribution is 7.20. The molecule has 20 heavy (non-hydrogen) atoms. The molecule has 0 spiro atoms. The number of hydrogen-bond donors (Lipinski definition) is 0. The first-order chi connectivity index (χ1) is 9.49. The van der Waals surface area contributed by atoms with Crippen molar-refractivity contribution in [2.75, 3.05) is 6.61 Å². The zero-order valence-corrected chi connectivity index (χ0v) is 12.2. The third kappa shape index (κ3) is 3.56. The number of hydrogen-bond acceptors (Lipinski definition) is 4. The van der Waals surface area contributed by atoms with Gasteiger partial charge in [-0.1, -0.05) is 23.2 Å². The molecule has 1 aromatic carbocycles. The Morgan fingerprint density at radius 1 is 1.30 bits per heavy atom. The number of thiophene rings is 1. The van der Waals surface area contributed by atoms with Gasteiger partial charge in [0.25, 0.3) is 0 Å². The molecule has 0 saturated carbocycles. The Morgan fingerprint density at radius 2 is 2.05 bits per heavy atom. The Hall–Kier alpha value is -1.43. The quantitative estimate of drug-likeness (QED) is 0.606. The van der Waals surface area contributed by atoms with Gasteiger partial charge in [0.1, 0.15) is 22.2 Å². The van der Waals surface area contributed by atoms with E-state index in [9.17, 15) is 14.0 Å². The Morgan fingerprint density at radius 3 is 2.65 bits per heavy atom. The van der Waals surface area contributed by atoms with Crippen molar-refractivity contribution in [2.45, 2.75) is 0 Å². The highest BCUT2D eigenvalue weighted by Crippen LogP contribution is 2.31. The lowest BCUT2D eigenvalue weighted by Crippen LogP contribution is -2.11. The summed E-state index contributed by atoms with van der Waals surface area (Å²) in [4.78, 5) is 22.5. The summed E-state index contributed by atoms with van der Waals surface area (Å²) < 4.78 is 19.0. The lowest BCUT2D eigenvalue weighted by Gasteiger charge is -2.06. The fraction of sp³-hybridized carbons (Fsp3) is 0.0769. The highest BCUT2D eigenvalue weighted by atomic mass is 35.5. The standard InChI is InChI=1S/C13H7Cl2FO3S/c14-12-4-10(13(15)20-12)11(18)6-19-9-2-7(5-17)1-8(16)3-9/h1-5H,6H2. The van der Waals surface area contributed by atoms with Crippen molar-refractivity contribution in [2.24, 2.45) is 0 Å². The predicted octanol–water partition coefficient (Wildman–Crippen LogP) is 4.27. The van der Waals surface area contributed by atoms with Gasteiger partial charge in [-0.3, -0.25) is 9.59 Å². The van der Waals surface area contributed by atoms with Crippen LogP contribution in [0.4, 0.5) is 4.39 Å². The monoisotopic (exact) mass is 332 g/mol. The first-order valence-electron chi connectivity index (χ1n) is 5.36. The van der Waals surface area contributed by atoms with E-state index in [1.54, 1.807) is 0 Å². The van der Waals surface area contributed by atoms with Crippen LogP contribution in [0.1, 0.15) is 20.7 Å². The van der Waals surface area contributed by atoms with Gasteiger partial charge in [0, 0.05) is 11.6 Å².